The van der Waals surface area contributed by atoms with Crippen molar-refractivity contribution in [1.29, 1.82) is 0 Å². The molecule has 1 aromatic heterocycles. The normalized spacial score (nSPS) is 15.6. The molecular formula is C22H24ClFN4. The van der Waals surface area contributed by atoms with E-state index in [-0.39, 0.29) is 24.3 Å². The van der Waals surface area contributed by atoms with Crippen molar-refractivity contribution in [1.82, 2.24) is 9.97 Å². The summed E-state index contributed by atoms with van der Waals surface area (Å²) >= 11 is 0. The Morgan fingerprint density at radius 1 is 1.04 bits per heavy atom. The van der Waals surface area contributed by atoms with Crippen molar-refractivity contribution < 1.29 is 4.39 Å². The maximum Gasteiger partial charge on any atom is 0.229 e. The molecule has 0 unspecified atom stereocenters. The van der Waals surface area contributed by atoms with Gasteiger partial charge in [-0.25, -0.2) is 9.37 Å². The zero-order valence-electron chi connectivity index (χ0n) is 16.2. The van der Waals surface area contributed by atoms with Crippen LogP contribution >= 0.6 is 12.4 Å². The fourth-order valence-electron chi connectivity index (χ4n) is 3.67. The molecule has 0 saturated heterocycles. The van der Waals surface area contributed by atoms with Gasteiger partial charge in [-0.1, -0.05) is 24.3 Å². The standard InChI is InChI=1S/C22H23FN4.ClH/c1-14-15(2)24-22(25-19-10-8-18(23)9-11-19)26-21(14)27-13-12-17-6-4-5-7-20(17)16(27)3;/h4-11,16H,12-13H2,1-3H3,(H,24,25,26);1H/t16-;/m0./s1. The first-order valence-electron chi connectivity index (χ1n) is 9.25. The Bertz CT molecular complexity index is 975. The van der Waals surface area contributed by atoms with Gasteiger partial charge in [0.25, 0.3) is 0 Å². The Kier molecular flexibility index (Phi) is 5.84. The summed E-state index contributed by atoms with van der Waals surface area (Å²) in [6.45, 7) is 7.21. The number of rotatable bonds is 3. The van der Waals surface area contributed by atoms with Crippen LogP contribution in [-0.4, -0.2) is 16.5 Å². The molecule has 0 radical (unpaired) electrons. The summed E-state index contributed by atoms with van der Waals surface area (Å²) in [7, 11) is 0. The molecule has 2 aromatic carbocycles. The number of benzene rings is 2. The van der Waals surface area contributed by atoms with Gasteiger partial charge in [0.15, 0.2) is 0 Å². The Balaban J connectivity index is 0.00000225. The van der Waals surface area contributed by atoms with Crippen LogP contribution in [0.15, 0.2) is 48.5 Å². The maximum absolute atomic E-state index is 13.1. The van der Waals surface area contributed by atoms with Crippen molar-refractivity contribution in [2.75, 3.05) is 16.8 Å². The minimum absolute atomic E-state index is 0. The summed E-state index contributed by atoms with van der Waals surface area (Å²) in [5.41, 5.74) is 5.56. The van der Waals surface area contributed by atoms with E-state index in [4.69, 9.17) is 4.98 Å². The molecule has 0 aliphatic carbocycles. The molecule has 28 heavy (non-hydrogen) atoms. The van der Waals surface area contributed by atoms with E-state index in [0.717, 1.165) is 35.7 Å². The van der Waals surface area contributed by atoms with Crippen LogP contribution in [0, 0.1) is 19.7 Å². The zero-order valence-corrected chi connectivity index (χ0v) is 17.1. The largest absolute Gasteiger partial charge is 0.349 e. The molecule has 1 aliphatic heterocycles. The summed E-state index contributed by atoms with van der Waals surface area (Å²) in [4.78, 5) is 11.7. The van der Waals surface area contributed by atoms with E-state index in [2.05, 4.69) is 53.3 Å². The van der Waals surface area contributed by atoms with Gasteiger partial charge in [-0.3, -0.25) is 0 Å². The van der Waals surface area contributed by atoms with Gasteiger partial charge in [0.05, 0.1) is 6.04 Å². The van der Waals surface area contributed by atoms with E-state index in [1.807, 2.05) is 6.92 Å². The van der Waals surface area contributed by atoms with E-state index < -0.39 is 0 Å². The van der Waals surface area contributed by atoms with E-state index in [1.54, 1.807) is 12.1 Å². The molecule has 0 bridgehead atoms. The molecule has 4 nitrogen and oxygen atoms in total. The predicted molar refractivity (Wildman–Crippen MR) is 114 cm³/mol. The number of hydrogen-bond acceptors (Lipinski definition) is 4. The second kappa shape index (κ2) is 8.15. The zero-order chi connectivity index (χ0) is 19.0. The quantitative estimate of drug-likeness (QED) is 0.630. The number of halogens is 2. The minimum atomic E-state index is -0.261. The molecule has 3 aromatic rings. The van der Waals surface area contributed by atoms with Crippen LogP contribution in [0.5, 0.6) is 0 Å². The highest BCUT2D eigenvalue weighted by Gasteiger charge is 2.26. The van der Waals surface area contributed by atoms with Gasteiger partial charge < -0.3 is 10.2 Å². The third kappa shape index (κ3) is 3.80. The molecule has 0 spiro atoms. The van der Waals surface area contributed by atoms with Crippen LogP contribution < -0.4 is 10.2 Å². The van der Waals surface area contributed by atoms with Gasteiger partial charge in [0.2, 0.25) is 5.95 Å². The van der Waals surface area contributed by atoms with E-state index >= 15 is 0 Å². The van der Waals surface area contributed by atoms with Crippen molar-refractivity contribution in [2.45, 2.75) is 33.2 Å². The first kappa shape index (κ1) is 20.1. The van der Waals surface area contributed by atoms with E-state index in [9.17, 15) is 4.39 Å². The number of anilines is 3. The molecule has 146 valence electrons. The topological polar surface area (TPSA) is 41.1 Å². The lowest BCUT2D eigenvalue weighted by Crippen LogP contribution is -2.35. The Morgan fingerprint density at radius 2 is 1.75 bits per heavy atom. The van der Waals surface area contributed by atoms with Crippen LogP contribution in [0.1, 0.15) is 35.3 Å². The monoisotopic (exact) mass is 398 g/mol. The third-order valence-electron chi connectivity index (χ3n) is 5.33. The van der Waals surface area contributed by atoms with Gasteiger partial charge in [-0.15, -0.1) is 12.4 Å². The van der Waals surface area contributed by atoms with Gasteiger partial charge in [-0.05, 0) is 62.6 Å². The third-order valence-corrected chi connectivity index (χ3v) is 5.33. The summed E-state index contributed by atoms with van der Waals surface area (Å²) < 4.78 is 13.1. The SMILES string of the molecule is Cc1nc(Nc2ccc(F)cc2)nc(N2CCc3ccccc3[C@@H]2C)c1C.Cl. The Hall–Kier alpha value is -2.66. The molecule has 6 heteroatoms. The average Bonchev–Trinajstić information content (AvgIpc) is 2.67. The summed E-state index contributed by atoms with van der Waals surface area (Å²) in [6.07, 6.45) is 1.00. The second-order valence-corrected chi connectivity index (χ2v) is 7.03. The lowest BCUT2D eigenvalue weighted by Gasteiger charge is -2.37. The number of aromatic nitrogens is 2. The molecule has 1 atom stereocenters. The minimum Gasteiger partial charge on any atom is -0.349 e. The number of nitrogens with zero attached hydrogens (tertiary/aromatic N) is 3. The highest BCUT2D eigenvalue weighted by atomic mass is 35.5. The van der Waals surface area contributed by atoms with Gasteiger partial charge in [0, 0.05) is 23.5 Å². The lowest BCUT2D eigenvalue weighted by molar-refractivity contribution is 0.614. The molecule has 4 rings (SSSR count). The molecule has 0 saturated carbocycles. The summed E-state index contributed by atoms with van der Waals surface area (Å²) in [5.74, 6) is 1.22. The average molecular weight is 399 g/mol. The Morgan fingerprint density at radius 3 is 2.50 bits per heavy atom. The smallest absolute Gasteiger partial charge is 0.229 e. The highest BCUT2D eigenvalue weighted by Crippen LogP contribution is 2.35. The fourth-order valence-corrected chi connectivity index (χ4v) is 3.67. The molecular weight excluding hydrogens is 375 g/mol. The predicted octanol–water partition coefficient (Wildman–Crippen LogP) is 5.52. The number of hydrogen-bond donors (Lipinski definition) is 1. The maximum atomic E-state index is 13.1. The molecule has 2 heterocycles. The fraction of sp³-hybridized carbons (Fsp3) is 0.273. The van der Waals surface area contributed by atoms with Crippen LogP contribution in [0.2, 0.25) is 0 Å². The number of fused-ring (bicyclic) bond motifs is 1. The second-order valence-electron chi connectivity index (χ2n) is 7.03. The van der Waals surface area contributed by atoms with Crippen molar-refractivity contribution in [3.8, 4) is 0 Å². The van der Waals surface area contributed by atoms with Crippen LogP contribution in [0.4, 0.5) is 21.8 Å². The molecule has 0 fully saturated rings. The Labute approximate surface area is 171 Å². The number of aryl methyl sites for hydroxylation is 1. The highest BCUT2D eigenvalue weighted by molar-refractivity contribution is 5.85. The first-order chi connectivity index (χ1) is 13.0. The van der Waals surface area contributed by atoms with E-state index in [0.29, 0.717) is 5.95 Å². The van der Waals surface area contributed by atoms with Gasteiger partial charge in [-0.2, -0.15) is 4.98 Å². The van der Waals surface area contributed by atoms with Gasteiger partial charge >= 0.3 is 0 Å². The number of nitrogens with one attached hydrogen (secondary N) is 1. The first-order valence-corrected chi connectivity index (χ1v) is 9.25. The summed E-state index contributed by atoms with van der Waals surface area (Å²) in [5, 5.41) is 3.20. The van der Waals surface area contributed by atoms with Crippen LogP contribution in [-0.2, 0) is 6.42 Å². The van der Waals surface area contributed by atoms with Crippen molar-refractivity contribution in [2.24, 2.45) is 0 Å². The molecule has 1 aliphatic rings. The summed E-state index contributed by atoms with van der Waals surface area (Å²) in [6, 6.07) is 15.1. The van der Waals surface area contributed by atoms with Crippen molar-refractivity contribution in [3.63, 3.8) is 0 Å². The van der Waals surface area contributed by atoms with Crippen molar-refractivity contribution >= 4 is 29.9 Å². The lowest BCUT2D eigenvalue weighted by atomic mass is 9.93. The molecule has 0 amide bonds. The van der Waals surface area contributed by atoms with Crippen LogP contribution in [0.25, 0.3) is 0 Å². The van der Waals surface area contributed by atoms with Crippen molar-refractivity contribution in [3.05, 3.63) is 76.7 Å². The molecule has 1 N–H and O–H groups in total. The van der Waals surface area contributed by atoms with Crippen LogP contribution in [0.3, 0.4) is 0 Å². The van der Waals surface area contributed by atoms with Gasteiger partial charge in [0.1, 0.15) is 11.6 Å². The van der Waals surface area contributed by atoms with E-state index in [1.165, 1.54) is 23.3 Å².